The molecule has 214 valence electrons. The molecule has 9 nitrogen and oxygen atoms in total. The van der Waals surface area contributed by atoms with Crippen molar-refractivity contribution in [2.75, 3.05) is 12.9 Å². The fraction of sp³-hybridized carbons (Fsp3) is 0.267. The van der Waals surface area contributed by atoms with E-state index in [1.54, 1.807) is 0 Å². The number of alkyl halides is 1. The predicted octanol–water partition coefficient (Wildman–Crippen LogP) is 3.43. The molecule has 0 saturated carbocycles. The molecule has 0 spiro atoms. The van der Waals surface area contributed by atoms with Crippen molar-refractivity contribution in [3.63, 3.8) is 0 Å². The van der Waals surface area contributed by atoms with E-state index < -0.39 is 51.6 Å². The number of aromatic amines is 1. The Balaban J connectivity index is 1.59. The number of aromatic nitrogens is 2. The minimum atomic E-state index is -4.14. The minimum Gasteiger partial charge on any atom is -0.358 e. The van der Waals surface area contributed by atoms with Crippen LogP contribution in [0.1, 0.15) is 28.5 Å². The summed E-state index contributed by atoms with van der Waals surface area (Å²) >= 11 is 0. The van der Waals surface area contributed by atoms with Gasteiger partial charge in [0, 0.05) is 11.8 Å². The Morgan fingerprint density at radius 1 is 0.902 bits per heavy atom. The molecule has 1 saturated heterocycles. The third-order valence-corrected chi connectivity index (χ3v) is 7.55. The molecule has 2 heterocycles. The van der Waals surface area contributed by atoms with Gasteiger partial charge < -0.3 is 9.47 Å². The molecule has 0 radical (unpaired) electrons. The van der Waals surface area contributed by atoms with E-state index in [2.05, 4.69) is 4.98 Å². The van der Waals surface area contributed by atoms with Gasteiger partial charge >= 0.3 is 5.69 Å². The van der Waals surface area contributed by atoms with Crippen LogP contribution in [0, 0.1) is 6.92 Å². The normalized spacial score (nSPS) is 21.1. The van der Waals surface area contributed by atoms with E-state index in [0.29, 0.717) is 0 Å². The van der Waals surface area contributed by atoms with Gasteiger partial charge in [-0.15, -0.1) is 0 Å². The molecule has 4 atom stereocenters. The number of halogens is 1. The van der Waals surface area contributed by atoms with Gasteiger partial charge in [-0.05, 0) is 23.6 Å². The number of H-pyrrole nitrogens is 1. The fourth-order valence-corrected chi connectivity index (χ4v) is 5.75. The van der Waals surface area contributed by atoms with E-state index in [4.69, 9.17) is 13.7 Å². The Kier molecular flexibility index (Phi) is 8.05. The summed E-state index contributed by atoms with van der Waals surface area (Å²) < 4.78 is 58.9. The summed E-state index contributed by atoms with van der Waals surface area (Å²) in [6.07, 6.45) is -4.56. The first-order valence-electron chi connectivity index (χ1n) is 12.9. The SMILES string of the molecule is Cc1cn(C2OC(COC(c3ccccc3)(c3ccccc3)c3ccccc3)C(OS(C)(=O)=O)C2F)c(=O)[nH]c1=O. The third-order valence-electron chi connectivity index (χ3n) is 6.98. The van der Waals surface area contributed by atoms with Crippen LogP contribution in [0.5, 0.6) is 0 Å². The van der Waals surface area contributed by atoms with Crippen molar-refractivity contribution in [2.24, 2.45) is 0 Å². The zero-order valence-corrected chi connectivity index (χ0v) is 23.2. The number of hydrogen-bond donors (Lipinski definition) is 1. The second kappa shape index (κ2) is 11.5. The van der Waals surface area contributed by atoms with Crippen LogP contribution in [0.3, 0.4) is 0 Å². The first-order valence-corrected chi connectivity index (χ1v) is 14.7. The lowest BCUT2D eigenvalue weighted by Crippen LogP contribution is -2.41. The Hall–Kier alpha value is -3.90. The van der Waals surface area contributed by atoms with Crippen molar-refractivity contribution in [1.82, 2.24) is 9.55 Å². The molecule has 3 aromatic carbocycles. The maximum Gasteiger partial charge on any atom is 0.330 e. The number of nitrogens with one attached hydrogen (secondary N) is 1. The molecule has 4 unspecified atom stereocenters. The van der Waals surface area contributed by atoms with Gasteiger partial charge in [0.2, 0.25) is 0 Å². The molecule has 5 rings (SSSR count). The van der Waals surface area contributed by atoms with Crippen molar-refractivity contribution in [3.05, 3.63) is 140 Å². The number of benzene rings is 3. The van der Waals surface area contributed by atoms with Crippen LogP contribution in [0.2, 0.25) is 0 Å². The minimum absolute atomic E-state index is 0.150. The zero-order valence-electron chi connectivity index (χ0n) is 22.3. The summed E-state index contributed by atoms with van der Waals surface area (Å²) in [6, 6.07) is 28.3. The van der Waals surface area contributed by atoms with Crippen LogP contribution < -0.4 is 11.2 Å². The van der Waals surface area contributed by atoms with Gasteiger partial charge in [0.15, 0.2) is 12.4 Å². The first-order chi connectivity index (χ1) is 19.6. The van der Waals surface area contributed by atoms with E-state index in [1.807, 2.05) is 91.0 Å². The highest BCUT2D eigenvalue weighted by molar-refractivity contribution is 7.86. The van der Waals surface area contributed by atoms with Crippen molar-refractivity contribution < 1.29 is 26.5 Å². The van der Waals surface area contributed by atoms with E-state index in [-0.39, 0.29) is 12.2 Å². The van der Waals surface area contributed by atoms with E-state index in [0.717, 1.165) is 27.5 Å². The lowest BCUT2D eigenvalue weighted by molar-refractivity contribution is -0.0922. The van der Waals surface area contributed by atoms with Crippen molar-refractivity contribution in [1.29, 1.82) is 0 Å². The van der Waals surface area contributed by atoms with Gasteiger partial charge in [0.25, 0.3) is 15.7 Å². The molecule has 0 bridgehead atoms. The van der Waals surface area contributed by atoms with Crippen LogP contribution in [-0.2, 0) is 29.4 Å². The van der Waals surface area contributed by atoms with Gasteiger partial charge in [-0.3, -0.25) is 18.5 Å². The van der Waals surface area contributed by atoms with Gasteiger partial charge in [-0.2, -0.15) is 8.42 Å². The smallest absolute Gasteiger partial charge is 0.330 e. The molecule has 41 heavy (non-hydrogen) atoms. The number of aryl methyl sites for hydroxylation is 1. The third kappa shape index (κ3) is 5.80. The van der Waals surface area contributed by atoms with Gasteiger partial charge in [-0.25, -0.2) is 9.18 Å². The van der Waals surface area contributed by atoms with Crippen molar-refractivity contribution >= 4 is 10.1 Å². The van der Waals surface area contributed by atoms with Crippen LogP contribution in [0.25, 0.3) is 0 Å². The molecule has 11 heteroatoms. The average molecular weight is 581 g/mol. The number of rotatable bonds is 9. The van der Waals surface area contributed by atoms with Crippen LogP contribution >= 0.6 is 0 Å². The number of nitrogens with zero attached hydrogens (tertiary/aromatic N) is 1. The predicted molar refractivity (Wildman–Crippen MR) is 150 cm³/mol. The quantitative estimate of drug-likeness (QED) is 0.238. The van der Waals surface area contributed by atoms with Gasteiger partial charge in [0.1, 0.15) is 17.8 Å². The van der Waals surface area contributed by atoms with Gasteiger partial charge in [-0.1, -0.05) is 91.0 Å². The van der Waals surface area contributed by atoms with E-state index in [9.17, 15) is 18.0 Å². The average Bonchev–Trinajstić information content (AvgIpc) is 3.26. The van der Waals surface area contributed by atoms with E-state index in [1.165, 1.54) is 13.1 Å². The molecule has 1 aliphatic rings. The van der Waals surface area contributed by atoms with E-state index >= 15 is 4.39 Å². The lowest BCUT2D eigenvalue weighted by Gasteiger charge is -2.37. The summed E-state index contributed by atoms with van der Waals surface area (Å²) in [4.78, 5) is 26.6. The molecule has 1 aromatic heterocycles. The van der Waals surface area contributed by atoms with Crippen LogP contribution in [0.4, 0.5) is 4.39 Å². The zero-order chi connectivity index (χ0) is 29.2. The lowest BCUT2D eigenvalue weighted by atomic mass is 9.80. The highest BCUT2D eigenvalue weighted by atomic mass is 32.2. The standard InChI is InChI=1S/C30H29FN2O7S/c1-20-18-33(29(35)32-27(20)34)28-25(31)26(40-41(2,36)37)24(39-28)19-38-30(21-12-6-3-7-13-21,22-14-8-4-9-15-22)23-16-10-5-11-17-23/h3-18,24-26,28H,19H2,1-2H3,(H,32,34,35). The number of ether oxygens (including phenoxy) is 2. The molecule has 0 aliphatic carbocycles. The Morgan fingerprint density at radius 2 is 1.39 bits per heavy atom. The second-order valence-corrected chi connectivity index (χ2v) is 11.4. The highest BCUT2D eigenvalue weighted by Crippen LogP contribution is 2.42. The first kappa shape index (κ1) is 28.6. The maximum atomic E-state index is 15.9. The Bertz CT molecular complexity index is 1610. The molecular weight excluding hydrogens is 551 g/mol. The number of hydrogen-bond acceptors (Lipinski definition) is 7. The van der Waals surface area contributed by atoms with Crippen molar-refractivity contribution in [2.45, 2.75) is 37.1 Å². The summed E-state index contributed by atoms with van der Waals surface area (Å²) in [5, 5.41) is 0. The Labute approximate surface area is 236 Å². The second-order valence-electron chi connectivity index (χ2n) is 9.84. The fourth-order valence-electron chi connectivity index (χ4n) is 5.12. The maximum absolute atomic E-state index is 15.9. The summed E-state index contributed by atoms with van der Waals surface area (Å²) in [5.74, 6) is 0. The molecule has 4 aromatic rings. The molecule has 1 fully saturated rings. The Morgan fingerprint density at radius 3 is 1.85 bits per heavy atom. The topological polar surface area (TPSA) is 117 Å². The molecular formula is C30H29FN2O7S. The van der Waals surface area contributed by atoms with Gasteiger partial charge in [0.05, 0.1) is 12.9 Å². The summed E-state index contributed by atoms with van der Waals surface area (Å²) in [7, 11) is -4.14. The highest BCUT2D eigenvalue weighted by Gasteiger charge is 2.50. The van der Waals surface area contributed by atoms with Crippen LogP contribution in [0.15, 0.2) is 107 Å². The molecule has 0 amide bonds. The van der Waals surface area contributed by atoms with Crippen LogP contribution in [-0.4, -0.2) is 49.2 Å². The molecule has 1 N–H and O–H groups in total. The van der Waals surface area contributed by atoms with Crippen molar-refractivity contribution in [3.8, 4) is 0 Å². The monoisotopic (exact) mass is 580 g/mol. The summed E-state index contributed by atoms with van der Waals surface area (Å²) in [6.45, 7) is 1.14. The molecule has 1 aliphatic heterocycles. The largest absolute Gasteiger partial charge is 0.358 e. The summed E-state index contributed by atoms with van der Waals surface area (Å²) in [5.41, 5.74) is -0.248.